The zero-order valence-electron chi connectivity index (χ0n) is 10.2. The number of thiocarbonyl (C=S) groups is 1. The quantitative estimate of drug-likeness (QED) is 0.836. The van der Waals surface area contributed by atoms with Crippen molar-refractivity contribution < 1.29 is 8.42 Å². The van der Waals surface area contributed by atoms with Crippen molar-refractivity contribution in [2.24, 2.45) is 5.92 Å². The van der Waals surface area contributed by atoms with Gasteiger partial charge in [-0.2, -0.15) is 0 Å². The number of para-hydroxylation sites is 1. The first-order valence-corrected chi connectivity index (χ1v) is 8.57. The Balaban J connectivity index is 1.81. The molecule has 0 aliphatic carbocycles. The maximum absolute atomic E-state index is 11.3. The zero-order chi connectivity index (χ0) is 13.9. The second-order valence-electron chi connectivity index (χ2n) is 4.58. The van der Waals surface area contributed by atoms with Crippen molar-refractivity contribution >= 4 is 44.5 Å². The predicted octanol–water partition coefficient (Wildman–Crippen LogP) is 2.06. The Morgan fingerprint density at radius 1 is 1.42 bits per heavy atom. The number of sulfone groups is 1. The molecule has 0 amide bonds. The van der Waals surface area contributed by atoms with Gasteiger partial charge >= 0.3 is 0 Å². The predicted molar refractivity (Wildman–Crippen MR) is 82.4 cm³/mol. The maximum atomic E-state index is 11.3. The fraction of sp³-hybridized carbons (Fsp3) is 0.417. The lowest BCUT2D eigenvalue weighted by molar-refractivity contribution is 0.574. The van der Waals surface area contributed by atoms with Crippen molar-refractivity contribution in [1.29, 1.82) is 0 Å². The summed E-state index contributed by atoms with van der Waals surface area (Å²) in [4.78, 5) is 0. The van der Waals surface area contributed by atoms with Crippen LogP contribution in [0.3, 0.4) is 0 Å². The van der Waals surface area contributed by atoms with E-state index in [0.717, 1.165) is 5.69 Å². The monoisotopic (exact) mass is 318 g/mol. The summed E-state index contributed by atoms with van der Waals surface area (Å²) >= 11 is 11.2. The first-order chi connectivity index (χ1) is 8.96. The lowest BCUT2D eigenvalue weighted by Crippen LogP contribution is -2.33. The van der Waals surface area contributed by atoms with Crippen LogP contribution in [0.4, 0.5) is 5.69 Å². The first kappa shape index (κ1) is 14.6. The molecule has 2 rings (SSSR count). The topological polar surface area (TPSA) is 58.2 Å². The van der Waals surface area contributed by atoms with Crippen LogP contribution in [0, 0.1) is 5.92 Å². The summed E-state index contributed by atoms with van der Waals surface area (Å²) in [5, 5.41) is 7.08. The molecule has 1 aromatic carbocycles. The number of rotatable bonds is 3. The lowest BCUT2D eigenvalue weighted by atomic mass is 10.1. The third-order valence-electron chi connectivity index (χ3n) is 3.00. The number of nitrogens with one attached hydrogen (secondary N) is 2. The second-order valence-corrected chi connectivity index (χ2v) is 7.63. The number of hydrogen-bond acceptors (Lipinski definition) is 3. The van der Waals surface area contributed by atoms with Gasteiger partial charge in [-0.15, -0.1) is 0 Å². The third-order valence-corrected chi connectivity index (χ3v) is 5.41. The molecule has 0 aromatic heterocycles. The Morgan fingerprint density at radius 3 is 2.79 bits per heavy atom. The van der Waals surface area contributed by atoms with Gasteiger partial charge in [-0.1, -0.05) is 23.7 Å². The molecule has 0 saturated carbocycles. The average Bonchev–Trinajstić information content (AvgIpc) is 2.69. The van der Waals surface area contributed by atoms with Crippen molar-refractivity contribution in [3.8, 4) is 0 Å². The van der Waals surface area contributed by atoms with Crippen molar-refractivity contribution in [3.63, 3.8) is 0 Å². The van der Waals surface area contributed by atoms with Gasteiger partial charge in [0, 0.05) is 6.54 Å². The average molecular weight is 319 g/mol. The van der Waals surface area contributed by atoms with E-state index in [9.17, 15) is 8.42 Å². The van der Waals surface area contributed by atoms with Crippen molar-refractivity contribution in [2.75, 3.05) is 23.4 Å². The highest BCUT2D eigenvalue weighted by Crippen LogP contribution is 2.20. The Labute approximate surface area is 123 Å². The van der Waals surface area contributed by atoms with E-state index in [1.165, 1.54) is 0 Å². The summed E-state index contributed by atoms with van der Waals surface area (Å²) in [5.41, 5.74) is 0.737. The molecule has 7 heteroatoms. The summed E-state index contributed by atoms with van der Waals surface area (Å²) < 4.78 is 22.7. The van der Waals surface area contributed by atoms with Gasteiger partial charge in [0.2, 0.25) is 0 Å². The van der Waals surface area contributed by atoms with Crippen LogP contribution in [0.2, 0.25) is 5.02 Å². The number of halogens is 1. The van der Waals surface area contributed by atoms with E-state index < -0.39 is 9.84 Å². The summed E-state index contributed by atoms with van der Waals surface area (Å²) in [7, 11) is -2.83. The number of hydrogen-bond donors (Lipinski definition) is 2. The van der Waals surface area contributed by atoms with Crippen LogP contribution < -0.4 is 10.6 Å². The Kier molecular flexibility index (Phi) is 4.65. The molecule has 4 nitrogen and oxygen atoms in total. The summed E-state index contributed by atoms with van der Waals surface area (Å²) in [6.45, 7) is 0.565. The number of anilines is 1. The lowest BCUT2D eigenvalue weighted by Gasteiger charge is -2.14. The largest absolute Gasteiger partial charge is 0.362 e. The van der Waals surface area contributed by atoms with Gasteiger partial charge in [0.1, 0.15) is 0 Å². The fourth-order valence-corrected chi connectivity index (χ4v) is 4.24. The molecule has 1 fully saturated rings. The van der Waals surface area contributed by atoms with Crippen LogP contribution in [0.25, 0.3) is 0 Å². The molecule has 19 heavy (non-hydrogen) atoms. The molecule has 0 bridgehead atoms. The molecular weight excluding hydrogens is 304 g/mol. The van der Waals surface area contributed by atoms with Gasteiger partial charge in [-0.3, -0.25) is 0 Å². The first-order valence-electron chi connectivity index (χ1n) is 5.96. The highest BCUT2D eigenvalue weighted by atomic mass is 35.5. The molecule has 1 aromatic rings. The molecule has 0 unspecified atom stereocenters. The molecule has 1 aliphatic rings. The summed E-state index contributed by atoms with van der Waals surface area (Å²) in [6, 6.07) is 7.31. The summed E-state index contributed by atoms with van der Waals surface area (Å²) in [6.07, 6.45) is 0.698. The molecule has 0 spiro atoms. The number of benzene rings is 1. The van der Waals surface area contributed by atoms with E-state index in [1.54, 1.807) is 6.07 Å². The van der Waals surface area contributed by atoms with E-state index >= 15 is 0 Å². The molecular formula is C12H15ClN2O2S2. The van der Waals surface area contributed by atoms with Crippen LogP contribution in [0.15, 0.2) is 24.3 Å². The van der Waals surface area contributed by atoms with Crippen LogP contribution in [0.1, 0.15) is 6.42 Å². The minimum absolute atomic E-state index is 0.135. The van der Waals surface area contributed by atoms with Gasteiger partial charge in [0.25, 0.3) is 0 Å². The molecule has 1 heterocycles. The van der Waals surface area contributed by atoms with Crippen molar-refractivity contribution in [2.45, 2.75) is 6.42 Å². The Hall–Kier alpha value is -0.850. The van der Waals surface area contributed by atoms with Crippen LogP contribution in [-0.4, -0.2) is 31.6 Å². The normalized spacial score (nSPS) is 21.0. The molecule has 0 radical (unpaired) electrons. The molecule has 2 N–H and O–H groups in total. The van der Waals surface area contributed by atoms with E-state index in [1.807, 2.05) is 18.2 Å². The SMILES string of the molecule is O=S1(=O)CC[C@@H](CNC(=S)Nc2ccccc2Cl)C1. The fourth-order valence-electron chi connectivity index (χ4n) is 2.00. The molecule has 1 aliphatic heterocycles. The van der Waals surface area contributed by atoms with E-state index in [4.69, 9.17) is 23.8 Å². The van der Waals surface area contributed by atoms with Gasteiger partial charge in [0.15, 0.2) is 14.9 Å². The Morgan fingerprint density at radius 2 is 2.16 bits per heavy atom. The van der Waals surface area contributed by atoms with E-state index in [-0.39, 0.29) is 17.4 Å². The van der Waals surface area contributed by atoms with E-state index in [2.05, 4.69) is 10.6 Å². The second kappa shape index (κ2) is 6.07. The zero-order valence-corrected chi connectivity index (χ0v) is 12.6. The third kappa shape index (κ3) is 4.33. The van der Waals surface area contributed by atoms with Crippen LogP contribution in [0.5, 0.6) is 0 Å². The molecule has 104 valence electrons. The van der Waals surface area contributed by atoms with E-state index in [0.29, 0.717) is 23.1 Å². The summed E-state index contributed by atoms with van der Waals surface area (Å²) in [5.74, 6) is 0.662. The highest BCUT2D eigenvalue weighted by molar-refractivity contribution is 7.91. The van der Waals surface area contributed by atoms with Gasteiger partial charge < -0.3 is 10.6 Å². The standard InChI is InChI=1S/C12H15ClN2O2S2/c13-10-3-1-2-4-11(10)15-12(18)14-7-9-5-6-19(16,17)8-9/h1-4,9H,5-8H2,(H2,14,15,18)/t9-/m0/s1. The maximum Gasteiger partial charge on any atom is 0.170 e. The van der Waals surface area contributed by atoms with Crippen LogP contribution >= 0.6 is 23.8 Å². The van der Waals surface area contributed by atoms with Gasteiger partial charge in [-0.05, 0) is 36.7 Å². The van der Waals surface area contributed by atoms with Crippen molar-refractivity contribution in [3.05, 3.63) is 29.3 Å². The molecule has 1 atom stereocenters. The van der Waals surface area contributed by atoms with Gasteiger partial charge in [0.05, 0.1) is 22.2 Å². The molecule has 1 saturated heterocycles. The minimum atomic E-state index is -2.83. The van der Waals surface area contributed by atoms with Gasteiger partial charge in [-0.25, -0.2) is 8.42 Å². The minimum Gasteiger partial charge on any atom is -0.362 e. The van der Waals surface area contributed by atoms with Crippen LogP contribution in [-0.2, 0) is 9.84 Å². The Bertz CT molecular complexity index is 575. The highest BCUT2D eigenvalue weighted by Gasteiger charge is 2.27. The smallest absolute Gasteiger partial charge is 0.170 e. The van der Waals surface area contributed by atoms with Crippen molar-refractivity contribution in [1.82, 2.24) is 5.32 Å².